The smallest absolute Gasteiger partial charge is 0.145 e. The first-order valence-electron chi connectivity index (χ1n) is 13.0. The van der Waals surface area contributed by atoms with E-state index in [1.807, 2.05) is 41.5 Å². The first-order valence-corrected chi connectivity index (χ1v) is 13.0. The molecule has 0 bridgehead atoms. The van der Waals surface area contributed by atoms with Crippen molar-refractivity contribution in [2.24, 2.45) is 5.73 Å². The van der Waals surface area contributed by atoms with E-state index in [0.29, 0.717) is 0 Å². The highest BCUT2D eigenvalue weighted by molar-refractivity contribution is 6.13. The number of aromatic nitrogens is 1. The molecule has 0 saturated heterocycles. The second-order valence-corrected chi connectivity index (χ2v) is 9.73. The van der Waals surface area contributed by atoms with Crippen LogP contribution in [-0.2, 0) is 0 Å². The number of fused-ring (bicyclic) bond motifs is 8. The summed E-state index contributed by atoms with van der Waals surface area (Å²) < 4.78 is 8.87. The van der Waals surface area contributed by atoms with E-state index in [-0.39, 0.29) is 6.17 Å². The largest absolute Gasteiger partial charge is 0.455 e. The van der Waals surface area contributed by atoms with Gasteiger partial charge in [0.05, 0.1) is 16.7 Å². The minimum absolute atomic E-state index is 0.374. The molecule has 1 atom stereocenters. The van der Waals surface area contributed by atoms with Gasteiger partial charge in [0.2, 0.25) is 0 Å². The summed E-state index contributed by atoms with van der Waals surface area (Å²) in [5.41, 5.74) is 14.4. The van der Waals surface area contributed by atoms with E-state index in [1.165, 1.54) is 21.8 Å². The second-order valence-electron chi connectivity index (χ2n) is 9.73. The summed E-state index contributed by atoms with van der Waals surface area (Å²) >= 11 is 0. The molecule has 4 heteroatoms. The van der Waals surface area contributed by atoms with E-state index in [2.05, 4.69) is 96.6 Å². The van der Waals surface area contributed by atoms with Gasteiger partial charge in [-0.1, -0.05) is 73.9 Å². The lowest BCUT2D eigenvalue weighted by molar-refractivity contribution is 0.667. The predicted octanol–water partition coefficient (Wildman–Crippen LogP) is 8.61. The Morgan fingerprint density at radius 1 is 0.821 bits per heavy atom. The van der Waals surface area contributed by atoms with Crippen LogP contribution in [0.5, 0.6) is 0 Å². The third kappa shape index (κ3) is 3.57. The van der Waals surface area contributed by atoms with Crippen LogP contribution >= 0.6 is 0 Å². The lowest BCUT2D eigenvalue weighted by Crippen LogP contribution is -2.37. The van der Waals surface area contributed by atoms with E-state index in [9.17, 15) is 0 Å². The molecule has 2 aromatic heterocycles. The van der Waals surface area contributed by atoms with Gasteiger partial charge in [0.15, 0.2) is 0 Å². The van der Waals surface area contributed by atoms with Gasteiger partial charge in [-0.05, 0) is 60.2 Å². The maximum atomic E-state index is 6.55. The van der Waals surface area contributed by atoms with Gasteiger partial charge in [0.25, 0.3) is 0 Å². The van der Waals surface area contributed by atoms with E-state index in [0.717, 1.165) is 44.4 Å². The molecule has 0 radical (unpaired) electrons. The Bertz CT molecular complexity index is 1980. The lowest BCUT2D eigenvalue weighted by atomic mass is 9.99. The van der Waals surface area contributed by atoms with Gasteiger partial charge in [-0.15, -0.1) is 0 Å². The van der Waals surface area contributed by atoms with Crippen molar-refractivity contribution in [1.29, 1.82) is 0 Å². The number of para-hydroxylation sites is 2. The van der Waals surface area contributed by atoms with Crippen molar-refractivity contribution in [2.75, 3.05) is 4.90 Å². The van der Waals surface area contributed by atoms with Gasteiger partial charge in [0, 0.05) is 39.0 Å². The maximum Gasteiger partial charge on any atom is 0.145 e. The molecule has 3 heterocycles. The lowest BCUT2D eigenvalue weighted by Gasteiger charge is -2.28. The standard InChI is InChI=1S/C35H27N3O/c1-3-4-16-33(36)37-21-10-9-11-23(2)34-31(37)19-18-27-28-22-24(17-20-32(28)39-35(27)34)38-29-14-7-5-12-25(29)26-13-6-8-15-30(26)38/h3-22,33H,1-2,36H2/b11-9-,16-4-,21-10-. The molecule has 4 aromatic carbocycles. The normalized spacial score (nSPS) is 16.1. The van der Waals surface area contributed by atoms with Gasteiger partial charge in [-0.2, -0.15) is 0 Å². The number of allylic oxidation sites excluding steroid dienone is 6. The highest BCUT2D eigenvalue weighted by Gasteiger charge is 2.22. The zero-order valence-corrected chi connectivity index (χ0v) is 21.4. The molecular formula is C35H27N3O. The zero-order chi connectivity index (χ0) is 26.5. The molecule has 1 aliphatic heterocycles. The number of hydrogen-bond donors (Lipinski definition) is 1. The average Bonchev–Trinajstić information content (AvgIpc) is 3.49. The predicted molar refractivity (Wildman–Crippen MR) is 165 cm³/mol. The first kappa shape index (κ1) is 23.1. The summed E-state index contributed by atoms with van der Waals surface area (Å²) in [6.45, 7) is 8.14. The summed E-state index contributed by atoms with van der Waals surface area (Å²) in [6, 6.07) is 27.8. The first-order chi connectivity index (χ1) is 19.2. The van der Waals surface area contributed by atoms with Gasteiger partial charge >= 0.3 is 0 Å². The number of hydrogen-bond acceptors (Lipinski definition) is 3. The summed E-state index contributed by atoms with van der Waals surface area (Å²) in [4.78, 5) is 2.03. The SMILES string of the molecule is C=C/C=C\C(N)N1/C=C\C=C/C(=C)c2c1ccc1c2oc2ccc(-n3c4ccccc4c4ccccc43)cc21. The van der Waals surface area contributed by atoms with Crippen LogP contribution in [0.2, 0.25) is 0 Å². The highest BCUT2D eigenvalue weighted by Crippen LogP contribution is 2.41. The second kappa shape index (κ2) is 9.05. The Labute approximate surface area is 226 Å². The Morgan fingerprint density at radius 2 is 1.56 bits per heavy atom. The number of nitrogens with two attached hydrogens (primary N) is 1. The summed E-state index contributed by atoms with van der Waals surface area (Å²) in [5.74, 6) is 0. The number of rotatable bonds is 4. The van der Waals surface area contributed by atoms with Crippen molar-refractivity contribution in [1.82, 2.24) is 4.57 Å². The van der Waals surface area contributed by atoms with Crippen molar-refractivity contribution < 1.29 is 4.42 Å². The Hall–Kier alpha value is -5.06. The molecule has 0 fully saturated rings. The van der Waals surface area contributed by atoms with Gasteiger partial charge in [-0.25, -0.2) is 0 Å². The molecule has 0 spiro atoms. The fraction of sp³-hybridized carbons (Fsp3) is 0.0286. The van der Waals surface area contributed by atoms with Crippen LogP contribution in [0.4, 0.5) is 5.69 Å². The molecule has 6 aromatic rings. The van der Waals surface area contributed by atoms with Crippen LogP contribution in [0, 0.1) is 0 Å². The molecule has 1 unspecified atom stereocenters. The highest BCUT2D eigenvalue weighted by atomic mass is 16.3. The molecule has 39 heavy (non-hydrogen) atoms. The monoisotopic (exact) mass is 505 g/mol. The molecule has 0 amide bonds. The average molecular weight is 506 g/mol. The molecule has 7 rings (SSSR count). The van der Waals surface area contributed by atoms with Crippen molar-refractivity contribution in [3.05, 3.63) is 140 Å². The van der Waals surface area contributed by atoms with Crippen molar-refractivity contribution in [3.8, 4) is 5.69 Å². The zero-order valence-electron chi connectivity index (χ0n) is 21.4. The summed E-state index contributed by atoms with van der Waals surface area (Å²) in [6.07, 6.45) is 13.1. The Morgan fingerprint density at radius 3 is 2.31 bits per heavy atom. The van der Waals surface area contributed by atoms with Gasteiger partial charge in [0.1, 0.15) is 17.3 Å². The fourth-order valence-corrected chi connectivity index (χ4v) is 5.71. The minimum atomic E-state index is -0.374. The molecule has 1 aliphatic rings. The van der Waals surface area contributed by atoms with E-state index in [1.54, 1.807) is 6.08 Å². The van der Waals surface area contributed by atoms with Crippen LogP contribution in [0.25, 0.3) is 55.0 Å². The quantitative estimate of drug-likeness (QED) is 0.244. The number of nitrogens with zero attached hydrogens (tertiary/aromatic N) is 2. The molecule has 4 nitrogen and oxygen atoms in total. The van der Waals surface area contributed by atoms with Crippen LogP contribution in [-0.4, -0.2) is 10.7 Å². The van der Waals surface area contributed by atoms with Gasteiger partial charge in [-0.3, -0.25) is 0 Å². The molecule has 0 aliphatic carbocycles. The molecule has 188 valence electrons. The van der Waals surface area contributed by atoms with Crippen LogP contribution < -0.4 is 10.6 Å². The number of furan rings is 1. The van der Waals surface area contributed by atoms with E-state index in [4.69, 9.17) is 10.2 Å². The summed E-state index contributed by atoms with van der Waals surface area (Å²) in [5, 5.41) is 4.58. The van der Waals surface area contributed by atoms with E-state index < -0.39 is 0 Å². The summed E-state index contributed by atoms with van der Waals surface area (Å²) in [7, 11) is 0. The number of benzene rings is 4. The topological polar surface area (TPSA) is 47.3 Å². The van der Waals surface area contributed by atoms with Crippen LogP contribution in [0.3, 0.4) is 0 Å². The van der Waals surface area contributed by atoms with Crippen molar-refractivity contribution in [3.63, 3.8) is 0 Å². The third-order valence-corrected chi connectivity index (χ3v) is 7.46. The van der Waals surface area contributed by atoms with Gasteiger partial charge < -0.3 is 19.6 Å². The van der Waals surface area contributed by atoms with E-state index >= 15 is 0 Å². The Kier molecular flexibility index (Phi) is 5.36. The number of anilines is 1. The fourth-order valence-electron chi connectivity index (χ4n) is 5.71. The molecular weight excluding hydrogens is 478 g/mol. The minimum Gasteiger partial charge on any atom is -0.455 e. The van der Waals surface area contributed by atoms with Crippen LogP contribution in [0.15, 0.2) is 139 Å². The van der Waals surface area contributed by atoms with Crippen LogP contribution in [0.1, 0.15) is 5.56 Å². The molecule has 2 N–H and O–H groups in total. The maximum absolute atomic E-state index is 6.55. The Balaban J connectivity index is 1.47. The molecule has 0 saturated carbocycles. The van der Waals surface area contributed by atoms with Crippen molar-refractivity contribution >= 4 is 55.0 Å². The third-order valence-electron chi connectivity index (χ3n) is 7.46. The van der Waals surface area contributed by atoms with Crippen molar-refractivity contribution in [2.45, 2.75) is 6.17 Å².